The predicted octanol–water partition coefficient (Wildman–Crippen LogP) is 3.23. The van der Waals surface area contributed by atoms with E-state index < -0.39 is 12.0 Å². The number of aryl methyl sites for hydroxylation is 1. The lowest BCUT2D eigenvalue weighted by Gasteiger charge is -2.19. The number of thiophene rings is 1. The lowest BCUT2D eigenvalue weighted by molar-refractivity contribution is 0.0949. The summed E-state index contributed by atoms with van der Waals surface area (Å²) < 4.78 is 14.8. The van der Waals surface area contributed by atoms with E-state index in [0.717, 1.165) is 15.3 Å². The summed E-state index contributed by atoms with van der Waals surface area (Å²) in [6.45, 7) is 1.12. The Labute approximate surface area is 200 Å². The maximum absolute atomic E-state index is 13.1. The van der Waals surface area contributed by atoms with Crippen LogP contribution in [0.3, 0.4) is 0 Å². The van der Waals surface area contributed by atoms with Crippen LogP contribution in [0.4, 0.5) is 4.39 Å². The molecule has 0 aliphatic rings. The Morgan fingerprint density at radius 2 is 2.03 bits per heavy atom. The Balaban J connectivity index is 1.48. The number of aromatic nitrogens is 2. The van der Waals surface area contributed by atoms with E-state index in [-0.39, 0.29) is 23.4 Å². The Bertz CT molecular complexity index is 1350. The number of carbonyl (C=O) groups excluding carboxylic acids is 1. The number of carbonyl (C=O) groups is 1. The minimum atomic E-state index is -0.719. The van der Waals surface area contributed by atoms with Crippen molar-refractivity contribution in [3.05, 3.63) is 98.7 Å². The van der Waals surface area contributed by atoms with Crippen LogP contribution in [0.1, 0.15) is 32.6 Å². The molecule has 0 radical (unpaired) electrons. The van der Waals surface area contributed by atoms with E-state index in [4.69, 9.17) is 0 Å². The molecule has 0 unspecified atom stereocenters. The third-order valence-corrected chi connectivity index (χ3v) is 6.66. The van der Waals surface area contributed by atoms with Gasteiger partial charge in [0, 0.05) is 44.0 Å². The van der Waals surface area contributed by atoms with Gasteiger partial charge in [0.05, 0.1) is 11.1 Å². The molecule has 1 atom stereocenters. The van der Waals surface area contributed by atoms with Gasteiger partial charge in [0.2, 0.25) is 5.43 Å². The fraction of sp³-hybridized carbons (Fsp3) is 0.240. The van der Waals surface area contributed by atoms with Gasteiger partial charge in [-0.2, -0.15) is 0 Å². The van der Waals surface area contributed by atoms with Gasteiger partial charge in [-0.25, -0.2) is 4.39 Å². The summed E-state index contributed by atoms with van der Waals surface area (Å²) in [7, 11) is 3.69. The van der Waals surface area contributed by atoms with Crippen LogP contribution in [0.5, 0.6) is 0 Å². The minimum Gasteiger partial charge on any atom is -0.385 e. The van der Waals surface area contributed by atoms with Crippen LogP contribution in [0.2, 0.25) is 0 Å². The highest BCUT2D eigenvalue weighted by molar-refractivity contribution is 7.18. The summed E-state index contributed by atoms with van der Waals surface area (Å²) >= 11 is 1.48. The molecule has 0 fully saturated rings. The molecule has 3 heterocycles. The Hall–Kier alpha value is -3.40. The van der Waals surface area contributed by atoms with E-state index >= 15 is 0 Å². The molecule has 0 saturated heterocycles. The number of rotatable bonds is 8. The summed E-state index contributed by atoms with van der Waals surface area (Å²) in [6, 6.07) is 13.0. The molecule has 9 heteroatoms. The first kappa shape index (κ1) is 23.7. The standard InChI is InChI=1S/C25H25FN4O3S/c1-29(15-22(31)21-5-3-4-10-27-21)13-18-11-19-23(32)20(14-30(2)25(19)34-18)24(33)28-12-16-6-8-17(26)9-7-16/h3-11,14,22,31H,12-13,15H2,1-2H3,(H,28,33)/t22-/m1/s1. The van der Waals surface area contributed by atoms with Crippen molar-refractivity contribution < 1.29 is 14.3 Å². The Kier molecular flexibility index (Phi) is 7.16. The molecule has 1 amide bonds. The number of halogens is 1. The van der Waals surface area contributed by atoms with E-state index in [0.29, 0.717) is 24.2 Å². The van der Waals surface area contributed by atoms with Crippen molar-refractivity contribution in [2.75, 3.05) is 13.6 Å². The third kappa shape index (κ3) is 5.39. The molecule has 3 aromatic heterocycles. The zero-order valence-corrected chi connectivity index (χ0v) is 19.7. The number of nitrogens with one attached hydrogen (secondary N) is 1. The first-order valence-electron chi connectivity index (χ1n) is 10.7. The zero-order valence-electron chi connectivity index (χ0n) is 18.9. The molecule has 0 saturated carbocycles. The lowest BCUT2D eigenvalue weighted by Crippen LogP contribution is -2.29. The number of hydrogen-bond acceptors (Lipinski definition) is 6. The molecule has 0 aliphatic heterocycles. The number of nitrogens with zero attached hydrogens (tertiary/aromatic N) is 3. The second-order valence-corrected chi connectivity index (χ2v) is 9.31. The first-order chi connectivity index (χ1) is 16.3. The predicted molar refractivity (Wildman–Crippen MR) is 130 cm³/mol. The van der Waals surface area contributed by atoms with Gasteiger partial charge in [0.15, 0.2) is 0 Å². The van der Waals surface area contributed by atoms with Crippen LogP contribution in [-0.2, 0) is 20.1 Å². The lowest BCUT2D eigenvalue weighted by atomic mass is 10.1. The monoisotopic (exact) mass is 480 g/mol. The second-order valence-electron chi connectivity index (χ2n) is 8.19. The van der Waals surface area contributed by atoms with E-state index in [1.54, 1.807) is 48.3 Å². The van der Waals surface area contributed by atoms with E-state index in [1.807, 2.05) is 24.1 Å². The molecule has 4 aromatic rings. The smallest absolute Gasteiger partial charge is 0.257 e. The summed E-state index contributed by atoms with van der Waals surface area (Å²) in [5.41, 5.74) is 1.07. The number of aliphatic hydroxyl groups excluding tert-OH is 1. The maximum Gasteiger partial charge on any atom is 0.257 e. The normalized spacial score (nSPS) is 12.3. The first-order valence-corrected chi connectivity index (χ1v) is 11.6. The van der Waals surface area contributed by atoms with Gasteiger partial charge in [-0.3, -0.25) is 19.5 Å². The topological polar surface area (TPSA) is 87.5 Å². The molecule has 176 valence electrons. The number of amides is 1. The summed E-state index contributed by atoms with van der Waals surface area (Å²) in [5, 5.41) is 13.6. The quantitative estimate of drug-likeness (QED) is 0.404. The fourth-order valence-electron chi connectivity index (χ4n) is 3.72. The molecular weight excluding hydrogens is 455 g/mol. The van der Waals surface area contributed by atoms with Gasteiger partial charge in [0.1, 0.15) is 22.3 Å². The van der Waals surface area contributed by atoms with E-state index in [2.05, 4.69) is 10.3 Å². The highest BCUT2D eigenvalue weighted by Gasteiger charge is 2.18. The van der Waals surface area contributed by atoms with Crippen molar-refractivity contribution in [3.8, 4) is 0 Å². The number of aliphatic hydroxyl groups is 1. The van der Waals surface area contributed by atoms with E-state index in [9.17, 15) is 19.1 Å². The van der Waals surface area contributed by atoms with Crippen molar-refractivity contribution in [1.82, 2.24) is 19.8 Å². The number of pyridine rings is 2. The van der Waals surface area contributed by atoms with Crippen LogP contribution >= 0.6 is 11.3 Å². The van der Waals surface area contributed by atoms with Crippen LogP contribution in [0, 0.1) is 5.82 Å². The van der Waals surface area contributed by atoms with Crippen LogP contribution in [0.15, 0.2) is 65.7 Å². The fourth-order valence-corrected chi connectivity index (χ4v) is 4.89. The summed E-state index contributed by atoms with van der Waals surface area (Å²) in [5.74, 6) is -0.824. The molecular formula is C25H25FN4O3S. The number of fused-ring (bicyclic) bond motifs is 1. The van der Waals surface area contributed by atoms with Crippen LogP contribution in [0.25, 0.3) is 10.2 Å². The van der Waals surface area contributed by atoms with Crippen molar-refractivity contribution in [2.45, 2.75) is 19.2 Å². The second kappa shape index (κ2) is 10.3. The molecule has 7 nitrogen and oxygen atoms in total. The van der Waals surface area contributed by atoms with Crippen LogP contribution in [-0.4, -0.2) is 39.1 Å². The molecule has 0 bridgehead atoms. The average Bonchev–Trinajstić information content (AvgIpc) is 3.26. The van der Waals surface area contributed by atoms with Crippen molar-refractivity contribution in [3.63, 3.8) is 0 Å². The van der Waals surface area contributed by atoms with Gasteiger partial charge >= 0.3 is 0 Å². The Morgan fingerprint density at radius 1 is 1.26 bits per heavy atom. The molecule has 1 aromatic carbocycles. The average molecular weight is 481 g/mol. The number of likely N-dealkylation sites (N-methyl/N-ethyl adjacent to an activating group) is 1. The Morgan fingerprint density at radius 3 is 2.74 bits per heavy atom. The summed E-state index contributed by atoms with van der Waals surface area (Å²) in [6.07, 6.45) is 2.47. The van der Waals surface area contributed by atoms with Crippen molar-refractivity contribution >= 4 is 27.5 Å². The third-order valence-electron chi connectivity index (χ3n) is 5.45. The van der Waals surface area contributed by atoms with Gasteiger partial charge in [0.25, 0.3) is 5.91 Å². The zero-order chi connectivity index (χ0) is 24.2. The van der Waals surface area contributed by atoms with Gasteiger partial charge in [-0.1, -0.05) is 18.2 Å². The SMILES string of the molecule is CN(Cc1cc2c(=O)c(C(=O)NCc3ccc(F)cc3)cn(C)c2s1)C[C@@H](O)c1ccccn1. The molecule has 4 rings (SSSR count). The molecule has 34 heavy (non-hydrogen) atoms. The highest BCUT2D eigenvalue weighted by atomic mass is 32.1. The molecule has 2 N–H and O–H groups in total. The van der Waals surface area contributed by atoms with Gasteiger partial charge in [-0.05, 0) is 42.9 Å². The van der Waals surface area contributed by atoms with Crippen molar-refractivity contribution in [2.24, 2.45) is 7.05 Å². The number of benzene rings is 1. The van der Waals surface area contributed by atoms with E-state index in [1.165, 1.54) is 23.5 Å². The number of hydrogen-bond donors (Lipinski definition) is 2. The van der Waals surface area contributed by atoms with Crippen molar-refractivity contribution in [1.29, 1.82) is 0 Å². The largest absolute Gasteiger partial charge is 0.385 e. The van der Waals surface area contributed by atoms with Crippen LogP contribution < -0.4 is 10.7 Å². The summed E-state index contributed by atoms with van der Waals surface area (Å²) in [4.78, 5) is 33.6. The van der Waals surface area contributed by atoms with Gasteiger partial charge in [-0.15, -0.1) is 11.3 Å². The molecule has 0 spiro atoms. The minimum absolute atomic E-state index is 0.0559. The van der Waals surface area contributed by atoms with Gasteiger partial charge < -0.3 is 15.0 Å². The molecule has 0 aliphatic carbocycles. The maximum atomic E-state index is 13.1. The highest BCUT2D eigenvalue weighted by Crippen LogP contribution is 2.25.